The van der Waals surface area contributed by atoms with Crippen LogP contribution in [0.1, 0.15) is 25.7 Å². The Morgan fingerprint density at radius 2 is 2.35 bits per heavy atom. The van der Waals surface area contributed by atoms with Crippen molar-refractivity contribution < 1.29 is 13.5 Å². The number of sulfonamides is 1. The van der Waals surface area contributed by atoms with E-state index in [1.807, 2.05) is 0 Å². The summed E-state index contributed by atoms with van der Waals surface area (Å²) in [5, 5.41) is 8.91. The molecule has 8 heteroatoms. The van der Waals surface area contributed by atoms with Crippen LogP contribution in [0.15, 0.2) is 23.2 Å². The Kier molecular flexibility index (Phi) is 4.92. The maximum Gasteiger partial charge on any atom is 0.247 e. The van der Waals surface area contributed by atoms with Crippen LogP contribution >= 0.6 is 0 Å². The third-order valence-corrected chi connectivity index (χ3v) is 5.50. The maximum absolute atomic E-state index is 12.7. The largest absolute Gasteiger partial charge is 0.396 e. The number of anilines is 1. The molecular formula is C12H20N4O3S. The first-order valence-corrected chi connectivity index (χ1v) is 8.09. The summed E-state index contributed by atoms with van der Waals surface area (Å²) in [4.78, 5) is 4.04. The van der Waals surface area contributed by atoms with Crippen LogP contribution in [0.3, 0.4) is 0 Å². The molecule has 0 aliphatic carbocycles. The summed E-state index contributed by atoms with van der Waals surface area (Å²) in [6.45, 7) is 0.574. The number of nitrogens with two attached hydrogens (primary N) is 1. The van der Waals surface area contributed by atoms with E-state index in [2.05, 4.69) is 10.4 Å². The number of hydrazine groups is 1. The summed E-state index contributed by atoms with van der Waals surface area (Å²) in [5.74, 6) is 5.49. The number of nitrogens with zero attached hydrogens (tertiary/aromatic N) is 2. The van der Waals surface area contributed by atoms with E-state index in [9.17, 15) is 8.42 Å². The molecule has 0 spiro atoms. The van der Waals surface area contributed by atoms with Crippen LogP contribution < -0.4 is 11.3 Å². The Hall–Kier alpha value is -1.22. The van der Waals surface area contributed by atoms with E-state index in [-0.39, 0.29) is 23.4 Å². The van der Waals surface area contributed by atoms with Gasteiger partial charge in [0.05, 0.1) is 0 Å². The lowest BCUT2D eigenvalue weighted by Crippen LogP contribution is -2.36. The lowest BCUT2D eigenvalue weighted by atomic mass is 10.1. The van der Waals surface area contributed by atoms with Gasteiger partial charge in [0.25, 0.3) is 0 Å². The average Bonchev–Trinajstić information content (AvgIpc) is 2.94. The van der Waals surface area contributed by atoms with E-state index in [4.69, 9.17) is 10.9 Å². The van der Waals surface area contributed by atoms with Gasteiger partial charge in [0.1, 0.15) is 4.90 Å². The first-order chi connectivity index (χ1) is 9.61. The Morgan fingerprint density at radius 3 is 3.05 bits per heavy atom. The predicted octanol–water partition coefficient (Wildman–Crippen LogP) is 0.293. The first kappa shape index (κ1) is 15.2. The van der Waals surface area contributed by atoms with Crippen LogP contribution in [0, 0.1) is 0 Å². The molecule has 1 aliphatic rings. The number of nitrogen functional groups attached to an aromatic ring is 1. The zero-order valence-corrected chi connectivity index (χ0v) is 12.0. The minimum absolute atomic E-state index is 0.0574. The second-order valence-corrected chi connectivity index (χ2v) is 6.63. The van der Waals surface area contributed by atoms with Gasteiger partial charge in [-0.25, -0.2) is 19.2 Å². The number of aliphatic hydroxyl groups excluding tert-OH is 1. The van der Waals surface area contributed by atoms with E-state index in [1.54, 1.807) is 6.07 Å². The third-order valence-electron chi connectivity index (χ3n) is 3.51. The molecule has 0 aromatic carbocycles. The zero-order valence-electron chi connectivity index (χ0n) is 11.2. The molecule has 2 heterocycles. The molecule has 7 nitrogen and oxygen atoms in total. The quantitative estimate of drug-likeness (QED) is 0.515. The zero-order chi connectivity index (χ0) is 14.6. The van der Waals surface area contributed by atoms with Crippen molar-refractivity contribution in [2.45, 2.75) is 36.6 Å². The van der Waals surface area contributed by atoms with Crippen molar-refractivity contribution in [3.8, 4) is 0 Å². The van der Waals surface area contributed by atoms with Crippen LogP contribution in [0.25, 0.3) is 0 Å². The minimum Gasteiger partial charge on any atom is -0.396 e. The molecule has 1 aliphatic heterocycles. The second-order valence-electron chi connectivity index (χ2n) is 4.77. The molecule has 0 bridgehead atoms. The molecule has 1 aromatic heterocycles. The molecule has 4 N–H and O–H groups in total. The molecular weight excluding hydrogens is 280 g/mol. The highest BCUT2D eigenvalue weighted by Crippen LogP contribution is 2.30. The van der Waals surface area contributed by atoms with E-state index < -0.39 is 10.0 Å². The second kappa shape index (κ2) is 6.49. The summed E-state index contributed by atoms with van der Waals surface area (Å²) in [5.41, 5.74) is 2.33. The lowest BCUT2D eigenvalue weighted by molar-refractivity contribution is 0.264. The van der Waals surface area contributed by atoms with Gasteiger partial charge in [0.15, 0.2) is 5.82 Å². The number of rotatable bonds is 6. The van der Waals surface area contributed by atoms with Gasteiger partial charge in [-0.2, -0.15) is 4.31 Å². The number of aromatic nitrogens is 1. The number of hydrogen-bond acceptors (Lipinski definition) is 6. The topological polar surface area (TPSA) is 109 Å². The Labute approximate surface area is 118 Å². The molecule has 0 saturated carbocycles. The van der Waals surface area contributed by atoms with Crippen molar-refractivity contribution in [1.82, 2.24) is 9.29 Å². The minimum atomic E-state index is -3.61. The maximum atomic E-state index is 12.7. The molecule has 1 atom stereocenters. The fourth-order valence-electron chi connectivity index (χ4n) is 2.57. The monoisotopic (exact) mass is 300 g/mol. The molecule has 0 amide bonds. The van der Waals surface area contributed by atoms with Gasteiger partial charge in [-0.05, 0) is 37.8 Å². The van der Waals surface area contributed by atoms with Crippen molar-refractivity contribution >= 4 is 15.8 Å². The lowest BCUT2D eigenvalue weighted by Gasteiger charge is -2.24. The Morgan fingerprint density at radius 1 is 1.55 bits per heavy atom. The molecule has 1 fully saturated rings. The smallest absolute Gasteiger partial charge is 0.247 e. The van der Waals surface area contributed by atoms with Crippen molar-refractivity contribution in [2.75, 3.05) is 18.6 Å². The van der Waals surface area contributed by atoms with Gasteiger partial charge in [-0.1, -0.05) is 0 Å². The third kappa shape index (κ3) is 2.93. The highest BCUT2D eigenvalue weighted by Gasteiger charge is 2.36. The van der Waals surface area contributed by atoms with E-state index >= 15 is 0 Å². The van der Waals surface area contributed by atoms with Crippen molar-refractivity contribution in [3.05, 3.63) is 18.3 Å². The van der Waals surface area contributed by atoms with E-state index in [1.165, 1.54) is 16.6 Å². The molecule has 0 radical (unpaired) electrons. The molecule has 1 saturated heterocycles. The van der Waals surface area contributed by atoms with Gasteiger partial charge in [-0.15, -0.1) is 0 Å². The molecule has 2 rings (SSSR count). The van der Waals surface area contributed by atoms with Gasteiger partial charge >= 0.3 is 0 Å². The van der Waals surface area contributed by atoms with Gasteiger partial charge < -0.3 is 10.5 Å². The fourth-order valence-corrected chi connectivity index (χ4v) is 4.41. The number of nitrogens with one attached hydrogen (secondary N) is 1. The summed E-state index contributed by atoms with van der Waals surface area (Å²) < 4.78 is 26.9. The summed E-state index contributed by atoms with van der Waals surface area (Å²) in [6.07, 6.45) is 4.42. The van der Waals surface area contributed by atoms with Gasteiger partial charge in [-0.3, -0.25) is 0 Å². The van der Waals surface area contributed by atoms with Crippen LogP contribution in [0.2, 0.25) is 0 Å². The summed E-state index contributed by atoms with van der Waals surface area (Å²) in [7, 11) is -3.61. The number of hydrogen-bond donors (Lipinski definition) is 3. The predicted molar refractivity (Wildman–Crippen MR) is 75.3 cm³/mol. The van der Waals surface area contributed by atoms with Gasteiger partial charge in [0, 0.05) is 25.4 Å². The normalized spacial score (nSPS) is 20.2. The molecule has 112 valence electrons. The highest BCUT2D eigenvalue weighted by molar-refractivity contribution is 7.89. The van der Waals surface area contributed by atoms with E-state index in [0.717, 1.165) is 12.8 Å². The first-order valence-electron chi connectivity index (χ1n) is 6.65. The van der Waals surface area contributed by atoms with Crippen LogP contribution in [0.5, 0.6) is 0 Å². The highest BCUT2D eigenvalue weighted by atomic mass is 32.2. The average molecular weight is 300 g/mol. The van der Waals surface area contributed by atoms with Crippen molar-refractivity contribution in [1.29, 1.82) is 0 Å². The Balaban J connectivity index is 2.29. The van der Waals surface area contributed by atoms with Crippen LogP contribution in [-0.4, -0.2) is 42.0 Å². The van der Waals surface area contributed by atoms with Crippen LogP contribution in [0.4, 0.5) is 5.82 Å². The van der Waals surface area contributed by atoms with Crippen LogP contribution in [-0.2, 0) is 10.0 Å². The standard InChI is InChI=1S/C12H20N4O3S/c13-15-12-11(6-1-7-14-12)20(18,19)16-8-2-4-10(16)5-3-9-17/h1,6-7,10,17H,2-5,8-9,13H2,(H,14,15). The van der Waals surface area contributed by atoms with Crippen molar-refractivity contribution in [2.24, 2.45) is 5.84 Å². The van der Waals surface area contributed by atoms with Gasteiger partial charge in [0.2, 0.25) is 10.0 Å². The SMILES string of the molecule is NNc1ncccc1S(=O)(=O)N1CCCC1CCCO. The summed E-state index contributed by atoms with van der Waals surface area (Å²) >= 11 is 0. The van der Waals surface area contributed by atoms with E-state index in [0.29, 0.717) is 19.4 Å². The fraction of sp³-hybridized carbons (Fsp3) is 0.583. The molecule has 20 heavy (non-hydrogen) atoms. The molecule has 1 unspecified atom stereocenters. The number of pyridine rings is 1. The van der Waals surface area contributed by atoms with Crippen molar-refractivity contribution in [3.63, 3.8) is 0 Å². The molecule has 1 aromatic rings. The summed E-state index contributed by atoms with van der Waals surface area (Å²) in [6, 6.07) is 3.02. The number of aliphatic hydroxyl groups is 1. The Bertz CT molecular complexity index is 549.